The van der Waals surface area contributed by atoms with Crippen LogP contribution in [0.1, 0.15) is 123 Å². The van der Waals surface area contributed by atoms with Crippen LogP contribution >= 0.6 is 0 Å². The molecule has 0 fully saturated rings. The maximum absolute atomic E-state index is 12.9. The highest BCUT2D eigenvalue weighted by Gasteiger charge is 2.31. The standard InChI is InChI=1S/2C28H31F3N4O3/c2*1-4-38-25(36)13-14-32-27(37)26-33-16-23(17-34-26)35-24(15-18(2)3)21-7-5-19(6-8-21)20-9-11-22(12-10-20)28(29,30)31/h2*5-12,16-18,24,35H,4,13-15H2,1-3H3,(H,32,37)/t2*24-/m10/s1. The minimum Gasteiger partial charge on any atom is -0.466 e. The Morgan fingerprint density at radius 3 is 1.03 bits per heavy atom. The van der Waals surface area contributed by atoms with E-state index in [1.165, 1.54) is 49.1 Å². The van der Waals surface area contributed by atoms with Crippen LogP contribution < -0.4 is 21.3 Å². The van der Waals surface area contributed by atoms with Crippen molar-refractivity contribution in [2.45, 2.75) is 91.7 Å². The predicted molar refractivity (Wildman–Crippen MR) is 277 cm³/mol. The first kappa shape index (κ1) is 59.0. The van der Waals surface area contributed by atoms with E-state index in [0.29, 0.717) is 34.3 Å². The molecule has 4 N–H and O–H groups in total. The Bertz CT molecular complexity index is 2580. The van der Waals surface area contributed by atoms with Crippen LogP contribution in [0.15, 0.2) is 122 Å². The molecule has 6 rings (SSSR count). The van der Waals surface area contributed by atoms with Crippen LogP contribution in [0.5, 0.6) is 0 Å². The summed E-state index contributed by atoms with van der Waals surface area (Å²) in [6.45, 7) is 12.7. The third kappa shape index (κ3) is 18.8. The average Bonchev–Trinajstić information content (AvgIpc) is 3.38. The lowest BCUT2D eigenvalue weighted by Gasteiger charge is -2.22. The fourth-order valence-electron chi connectivity index (χ4n) is 7.64. The minimum atomic E-state index is -4.37. The van der Waals surface area contributed by atoms with Gasteiger partial charge in [-0.1, -0.05) is 100 Å². The van der Waals surface area contributed by atoms with Crippen LogP contribution in [0.4, 0.5) is 37.7 Å². The Morgan fingerprint density at radius 1 is 0.474 bits per heavy atom. The molecule has 0 radical (unpaired) electrons. The summed E-state index contributed by atoms with van der Waals surface area (Å²) in [6, 6.07) is 25.3. The summed E-state index contributed by atoms with van der Waals surface area (Å²) < 4.78 is 86.8. The minimum absolute atomic E-state index is 0.0132. The van der Waals surface area contributed by atoms with E-state index in [0.717, 1.165) is 59.4 Å². The number of alkyl halides is 6. The molecule has 0 saturated carbocycles. The van der Waals surface area contributed by atoms with Crippen molar-refractivity contribution in [2.24, 2.45) is 11.8 Å². The molecule has 2 aromatic heterocycles. The third-order valence-electron chi connectivity index (χ3n) is 11.4. The van der Waals surface area contributed by atoms with Gasteiger partial charge in [0.2, 0.25) is 11.6 Å². The number of amides is 2. The number of nitrogens with zero attached hydrogens (tertiary/aromatic N) is 4. The number of aromatic nitrogens is 4. The summed E-state index contributed by atoms with van der Waals surface area (Å²) in [5.74, 6) is -1.05. The molecule has 0 aliphatic heterocycles. The van der Waals surface area contributed by atoms with Crippen molar-refractivity contribution in [3.63, 3.8) is 0 Å². The van der Waals surface area contributed by atoms with Crippen molar-refractivity contribution < 1.29 is 55.0 Å². The van der Waals surface area contributed by atoms with Crippen LogP contribution in [-0.2, 0) is 31.4 Å². The van der Waals surface area contributed by atoms with Gasteiger partial charge in [-0.15, -0.1) is 0 Å². The Kier molecular flexibility index (Phi) is 21.8. The normalized spacial score (nSPS) is 12.2. The fraction of sp³-hybridized carbons (Fsp3) is 0.357. The lowest BCUT2D eigenvalue weighted by molar-refractivity contribution is -0.143. The summed E-state index contributed by atoms with van der Waals surface area (Å²) >= 11 is 0. The van der Waals surface area contributed by atoms with E-state index in [9.17, 15) is 45.5 Å². The zero-order valence-corrected chi connectivity index (χ0v) is 43.0. The van der Waals surface area contributed by atoms with E-state index < -0.39 is 47.2 Å². The smallest absolute Gasteiger partial charge is 0.416 e. The monoisotopic (exact) mass is 1060 g/mol. The summed E-state index contributed by atoms with van der Waals surface area (Å²) in [6.07, 6.45) is -0.905. The van der Waals surface area contributed by atoms with E-state index in [1.54, 1.807) is 13.8 Å². The number of carbonyl (C=O) groups excluding carboxylic acids is 4. The Labute approximate surface area is 437 Å². The largest absolute Gasteiger partial charge is 0.466 e. The summed E-state index contributed by atoms with van der Waals surface area (Å²) in [5, 5.41) is 12.0. The highest BCUT2D eigenvalue weighted by Crippen LogP contribution is 2.34. The second-order valence-electron chi connectivity index (χ2n) is 18.3. The van der Waals surface area contributed by atoms with Gasteiger partial charge in [0, 0.05) is 13.1 Å². The number of benzene rings is 4. The Hall–Kier alpha value is -7.90. The summed E-state index contributed by atoms with van der Waals surface area (Å²) in [4.78, 5) is 63.8. The first-order valence-corrected chi connectivity index (χ1v) is 24.7. The topological polar surface area (TPSA) is 186 Å². The lowest BCUT2D eigenvalue weighted by Crippen LogP contribution is -2.28. The van der Waals surface area contributed by atoms with Crippen LogP contribution in [0, 0.1) is 11.8 Å². The van der Waals surface area contributed by atoms with Gasteiger partial charge < -0.3 is 30.7 Å². The van der Waals surface area contributed by atoms with Gasteiger partial charge in [0.15, 0.2) is 0 Å². The molecule has 20 heteroatoms. The number of nitrogens with one attached hydrogen (secondary N) is 4. The third-order valence-corrected chi connectivity index (χ3v) is 11.4. The van der Waals surface area contributed by atoms with Crippen molar-refractivity contribution in [1.82, 2.24) is 30.6 Å². The molecular formula is C56H62F6N8O6. The molecule has 14 nitrogen and oxygen atoms in total. The van der Waals surface area contributed by atoms with E-state index in [4.69, 9.17) is 9.47 Å². The van der Waals surface area contributed by atoms with Gasteiger partial charge in [-0.25, -0.2) is 19.9 Å². The molecule has 0 saturated heterocycles. The molecule has 2 amide bonds. The average molecular weight is 1060 g/mol. The number of carbonyl (C=O) groups is 4. The van der Waals surface area contributed by atoms with Crippen molar-refractivity contribution in [2.75, 3.05) is 36.9 Å². The van der Waals surface area contributed by atoms with Gasteiger partial charge in [-0.05, 0) is 96.2 Å². The Balaban J connectivity index is 0.000000281. The van der Waals surface area contributed by atoms with Crippen LogP contribution in [0.3, 0.4) is 0 Å². The van der Waals surface area contributed by atoms with Crippen molar-refractivity contribution in [3.8, 4) is 22.3 Å². The number of esters is 2. The highest BCUT2D eigenvalue weighted by molar-refractivity contribution is 5.91. The predicted octanol–water partition coefficient (Wildman–Crippen LogP) is 12.1. The first-order chi connectivity index (χ1) is 36.1. The molecular weight excluding hydrogens is 995 g/mol. The second-order valence-corrected chi connectivity index (χ2v) is 18.3. The Morgan fingerprint density at radius 2 is 0.763 bits per heavy atom. The quantitative estimate of drug-likeness (QED) is 0.0373. The lowest BCUT2D eigenvalue weighted by atomic mass is 9.94. The van der Waals surface area contributed by atoms with Crippen LogP contribution in [0.25, 0.3) is 22.3 Å². The number of hydrogen-bond acceptors (Lipinski definition) is 12. The molecule has 0 bridgehead atoms. The van der Waals surface area contributed by atoms with Crippen molar-refractivity contribution >= 4 is 35.1 Å². The molecule has 0 spiro atoms. The number of hydrogen-bond donors (Lipinski definition) is 4. The molecule has 4 aromatic carbocycles. The van der Waals surface area contributed by atoms with E-state index in [2.05, 4.69) is 68.9 Å². The molecule has 6 aromatic rings. The number of anilines is 2. The van der Waals surface area contributed by atoms with E-state index >= 15 is 0 Å². The fourth-order valence-corrected chi connectivity index (χ4v) is 7.64. The van der Waals surface area contributed by atoms with Gasteiger partial charge in [-0.3, -0.25) is 19.2 Å². The molecule has 0 aliphatic carbocycles. The zero-order chi connectivity index (χ0) is 55.4. The van der Waals surface area contributed by atoms with Gasteiger partial charge >= 0.3 is 24.3 Å². The maximum Gasteiger partial charge on any atom is 0.416 e. The van der Waals surface area contributed by atoms with Crippen molar-refractivity contribution in [1.29, 1.82) is 0 Å². The summed E-state index contributed by atoms with van der Waals surface area (Å²) in [5.41, 5.74) is 4.91. The molecule has 2 atom stereocenters. The SMILES string of the molecule is CCOC(=O)CCNC(=O)c1ncc(N[C@@H](CC(C)C)c2ccc(-c3ccc(C(F)(F)F)cc3)cc2)cn1.CCOC(=O)CCNC(=O)c1ncc(N[C@H](CC(C)C)c2ccc(-c3ccc(C(F)(F)F)cc3)cc2)cn1. The first-order valence-electron chi connectivity index (χ1n) is 24.7. The number of ether oxygens (including phenoxy) is 2. The highest BCUT2D eigenvalue weighted by atomic mass is 19.4. The molecule has 0 unspecified atom stereocenters. The van der Waals surface area contributed by atoms with Gasteiger partial charge in [0.05, 0.1) is 85.4 Å². The second kappa shape index (κ2) is 28.1. The number of rotatable bonds is 22. The molecule has 76 heavy (non-hydrogen) atoms. The molecule has 2 heterocycles. The number of halogens is 6. The van der Waals surface area contributed by atoms with Crippen LogP contribution in [-0.4, -0.2) is 70.0 Å². The van der Waals surface area contributed by atoms with Crippen LogP contribution in [0.2, 0.25) is 0 Å². The molecule has 0 aliphatic rings. The van der Waals surface area contributed by atoms with Gasteiger partial charge in [-0.2, -0.15) is 26.3 Å². The van der Waals surface area contributed by atoms with Gasteiger partial charge in [0.1, 0.15) is 0 Å². The maximum atomic E-state index is 12.9. The molecule has 404 valence electrons. The zero-order valence-electron chi connectivity index (χ0n) is 43.0. The van der Waals surface area contributed by atoms with Gasteiger partial charge in [0.25, 0.3) is 11.8 Å². The van der Waals surface area contributed by atoms with E-state index in [1.807, 2.05) is 48.5 Å². The van der Waals surface area contributed by atoms with Crippen molar-refractivity contribution in [3.05, 3.63) is 156 Å². The summed E-state index contributed by atoms with van der Waals surface area (Å²) in [7, 11) is 0. The van der Waals surface area contributed by atoms with E-state index in [-0.39, 0.29) is 62.9 Å².